The van der Waals surface area contributed by atoms with Crippen LogP contribution in [0.15, 0.2) is 24.3 Å². The minimum atomic E-state index is -1.04. The molecule has 1 aliphatic heterocycles. The number of aliphatic carboxylic acids is 1. The summed E-state index contributed by atoms with van der Waals surface area (Å²) in [6, 6.07) is 6.62. The molecule has 2 rings (SSSR count). The number of rotatable bonds is 4. The van der Waals surface area contributed by atoms with Gasteiger partial charge in [-0.25, -0.2) is 0 Å². The van der Waals surface area contributed by atoms with Crippen LogP contribution in [0.5, 0.6) is 0 Å². The largest absolute Gasteiger partial charge is 0.480 e. The Hall–Kier alpha value is -1.59. The Morgan fingerprint density at radius 3 is 2.55 bits per heavy atom. The first-order valence-corrected chi connectivity index (χ1v) is 6.80. The molecule has 0 aromatic heterocycles. The fourth-order valence-electron chi connectivity index (χ4n) is 2.36. The summed E-state index contributed by atoms with van der Waals surface area (Å²) in [6.07, 6.45) is 0.704. The predicted octanol–water partition coefficient (Wildman–Crippen LogP) is 1.76. The molecule has 0 bridgehead atoms. The van der Waals surface area contributed by atoms with Crippen LogP contribution in [0.2, 0.25) is 5.02 Å². The Morgan fingerprint density at radius 2 is 2.05 bits per heavy atom. The maximum atomic E-state index is 12.7. The molecular formula is C14H17ClN2O3. The van der Waals surface area contributed by atoms with Gasteiger partial charge in [-0.05, 0) is 44.2 Å². The van der Waals surface area contributed by atoms with E-state index in [-0.39, 0.29) is 12.5 Å². The number of amides is 1. The maximum Gasteiger partial charge on any atom is 0.323 e. The molecule has 1 aromatic carbocycles. The molecule has 108 valence electrons. The number of hydrogen-bond donors (Lipinski definition) is 2. The smallest absolute Gasteiger partial charge is 0.323 e. The van der Waals surface area contributed by atoms with Crippen molar-refractivity contribution in [2.24, 2.45) is 5.41 Å². The number of carboxylic acid groups (broad SMARTS) is 1. The molecule has 1 unspecified atom stereocenters. The molecule has 6 heteroatoms. The maximum absolute atomic E-state index is 12.7. The highest BCUT2D eigenvalue weighted by Crippen LogP contribution is 2.30. The number of carboxylic acids is 1. The average molecular weight is 297 g/mol. The minimum absolute atomic E-state index is 0.174. The summed E-state index contributed by atoms with van der Waals surface area (Å²) in [5.74, 6) is -1.21. The Kier molecular flexibility index (Phi) is 4.30. The molecule has 2 N–H and O–H groups in total. The van der Waals surface area contributed by atoms with Crippen molar-refractivity contribution in [3.05, 3.63) is 29.3 Å². The Labute approximate surface area is 122 Å². The van der Waals surface area contributed by atoms with E-state index in [1.54, 1.807) is 24.3 Å². The van der Waals surface area contributed by atoms with Gasteiger partial charge < -0.3 is 15.3 Å². The van der Waals surface area contributed by atoms with Gasteiger partial charge in [0.1, 0.15) is 6.54 Å². The van der Waals surface area contributed by atoms with Crippen molar-refractivity contribution in [1.82, 2.24) is 5.32 Å². The molecule has 0 saturated carbocycles. The van der Waals surface area contributed by atoms with Crippen LogP contribution >= 0.6 is 11.6 Å². The molecule has 0 radical (unpaired) electrons. The third kappa shape index (κ3) is 3.11. The van der Waals surface area contributed by atoms with Crippen molar-refractivity contribution >= 4 is 29.2 Å². The van der Waals surface area contributed by atoms with E-state index in [1.807, 2.05) is 6.92 Å². The summed E-state index contributed by atoms with van der Waals surface area (Å²) in [4.78, 5) is 25.0. The van der Waals surface area contributed by atoms with Crippen LogP contribution in [0.4, 0.5) is 5.69 Å². The van der Waals surface area contributed by atoms with Crippen LogP contribution in [-0.4, -0.2) is 36.6 Å². The highest BCUT2D eigenvalue weighted by atomic mass is 35.5. The molecule has 1 atom stereocenters. The number of benzene rings is 1. The molecule has 1 aromatic rings. The molecule has 0 spiro atoms. The molecule has 1 saturated heterocycles. The standard InChI is InChI=1S/C14H17ClN2O3/c1-14(6-7-16-9-14)13(20)17(8-12(18)19)11-4-2-10(15)3-5-11/h2-5,16H,6-9H2,1H3,(H,18,19). The summed E-state index contributed by atoms with van der Waals surface area (Å²) >= 11 is 5.83. The van der Waals surface area contributed by atoms with E-state index < -0.39 is 11.4 Å². The van der Waals surface area contributed by atoms with Crippen LogP contribution in [0.25, 0.3) is 0 Å². The third-order valence-electron chi connectivity index (χ3n) is 3.56. The van der Waals surface area contributed by atoms with Gasteiger partial charge in [-0.1, -0.05) is 11.6 Å². The highest BCUT2D eigenvalue weighted by Gasteiger charge is 2.40. The van der Waals surface area contributed by atoms with Crippen molar-refractivity contribution in [1.29, 1.82) is 0 Å². The zero-order chi connectivity index (χ0) is 14.8. The molecule has 20 heavy (non-hydrogen) atoms. The summed E-state index contributed by atoms with van der Waals surface area (Å²) in [5.41, 5.74) is -0.00957. The molecule has 1 fully saturated rings. The van der Waals surface area contributed by atoms with Crippen LogP contribution in [0.3, 0.4) is 0 Å². The lowest BCUT2D eigenvalue weighted by Gasteiger charge is -2.30. The first kappa shape index (κ1) is 14.8. The van der Waals surface area contributed by atoms with Crippen LogP contribution in [0.1, 0.15) is 13.3 Å². The van der Waals surface area contributed by atoms with E-state index >= 15 is 0 Å². The normalized spacial score (nSPS) is 21.7. The number of halogens is 1. The lowest BCUT2D eigenvalue weighted by molar-refractivity contribution is -0.137. The summed E-state index contributed by atoms with van der Waals surface area (Å²) in [5, 5.41) is 12.7. The molecule has 0 aliphatic carbocycles. The topological polar surface area (TPSA) is 69.6 Å². The number of nitrogens with one attached hydrogen (secondary N) is 1. The number of anilines is 1. The quantitative estimate of drug-likeness (QED) is 0.888. The SMILES string of the molecule is CC1(C(=O)N(CC(=O)O)c2ccc(Cl)cc2)CCNC1. The van der Waals surface area contributed by atoms with E-state index in [4.69, 9.17) is 16.7 Å². The van der Waals surface area contributed by atoms with Crippen LogP contribution in [0, 0.1) is 5.41 Å². The average Bonchev–Trinajstić information content (AvgIpc) is 2.84. The molecular weight excluding hydrogens is 280 g/mol. The fourth-order valence-corrected chi connectivity index (χ4v) is 2.49. The van der Waals surface area contributed by atoms with E-state index in [9.17, 15) is 9.59 Å². The van der Waals surface area contributed by atoms with Crippen molar-refractivity contribution in [2.45, 2.75) is 13.3 Å². The van der Waals surface area contributed by atoms with E-state index in [0.29, 0.717) is 23.7 Å². The monoisotopic (exact) mass is 296 g/mol. The number of nitrogens with zero attached hydrogens (tertiary/aromatic N) is 1. The van der Waals surface area contributed by atoms with Crippen molar-refractivity contribution in [3.8, 4) is 0 Å². The van der Waals surface area contributed by atoms with E-state index in [0.717, 1.165) is 6.54 Å². The van der Waals surface area contributed by atoms with E-state index in [2.05, 4.69) is 5.32 Å². The fraction of sp³-hybridized carbons (Fsp3) is 0.429. The van der Waals surface area contributed by atoms with Gasteiger partial charge in [-0.3, -0.25) is 9.59 Å². The van der Waals surface area contributed by atoms with Crippen LogP contribution in [-0.2, 0) is 9.59 Å². The molecule has 5 nitrogen and oxygen atoms in total. The molecule has 1 aliphatic rings. The second kappa shape index (κ2) is 5.81. The molecule has 1 heterocycles. The summed E-state index contributed by atoms with van der Waals surface area (Å²) in [6.45, 7) is 2.84. The Bertz CT molecular complexity index is 510. The van der Waals surface area contributed by atoms with Crippen LogP contribution < -0.4 is 10.2 Å². The zero-order valence-corrected chi connectivity index (χ0v) is 12.0. The van der Waals surface area contributed by atoms with Crippen molar-refractivity contribution in [2.75, 3.05) is 24.5 Å². The summed E-state index contributed by atoms with van der Waals surface area (Å²) in [7, 11) is 0. The number of carbonyl (C=O) groups is 2. The van der Waals surface area contributed by atoms with Gasteiger partial charge in [0.2, 0.25) is 5.91 Å². The van der Waals surface area contributed by atoms with Gasteiger partial charge in [0, 0.05) is 17.3 Å². The zero-order valence-electron chi connectivity index (χ0n) is 11.2. The second-order valence-corrected chi connectivity index (χ2v) is 5.69. The van der Waals surface area contributed by atoms with Crippen molar-refractivity contribution in [3.63, 3.8) is 0 Å². The third-order valence-corrected chi connectivity index (χ3v) is 3.81. The van der Waals surface area contributed by atoms with E-state index in [1.165, 1.54) is 4.90 Å². The van der Waals surface area contributed by atoms with Crippen molar-refractivity contribution < 1.29 is 14.7 Å². The van der Waals surface area contributed by atoms with Gasteiger partial charge in [-0.2, -0.15) is 0 Å². The van der Waals surface area contributed by atoms with Gasteiger partial charge in [-0.15, -0.1) is 0 Å². The van der Waals surface area contributed by atoms with Gasteiger partial charge in [0.25, 0.3) is 0 Å². The first-order valence-electron chi connectivity index (χ1n) is 6.42. The van der Waals surface area contributed by atoms with Gasteiger partial charge in [0.05, 0.1) is 5.41 Å². The highest BCUT2D eigenvalue weighted by molar-refractivity contribution is 6.30. The summed E-state index contributed by atoms with van der Waals surface area (Å²) < 4.78 is 0. The van der Waals surface area contributed by atoms with Gasteiger partial charge >= 0.3 is 5.97 Å². The lowest BCUT2D eigenvalue weighted by Crippen LogP contribution is -2.46. The minimum Gasteiger partial charge on any atom is -0.480 e. The number of hydrogen-bond acceptors (Lipinski definition) is 3. The van der Waals surface area contributed by atoms with Gasteiger partial charge in [0.15, 0.2) is 0 Å². The molecule has 1 amide bonds. The number of carbonyl (C=O) groups excluding carboxylic acids is 1. The Balaban J connectivity index is 2.29. The predicted molar refractivity (Wildman–Crippen MR) is 77.0 cm³/mol. The Morgan fingerprint density at radius 1 is 1.40 bits per heavy atom. The second-order valence-electron chi connectivity index (χ2n) is 5.25. The lowest BCUT2D eigenvalue weighted by atomic mass is 9.88. The first-order chi connectivity index (χ1) is 9.42.